The lowest BCUT2D eigenvalue weighted by Gasteiger charge is -2.35. The standard InChI is InChI=1S/C36H36Cl2F3N3O4S/c1-24-16-18-28(19-17-24)49(47,48)44(27-13-8-12-26(21-27)36(39,40)41)23-33(45)43(22-29-30(37)14-9-15-31(29)38)32(34(46)42-35(2,3)4)20-25-10-6-5-7-11-25/h5-19,21,32H,20,22-23H2,1-4H3,(H,42,46)/t32-/m0/s1. The number of aryl methyl sites for hydroxylation is 1. The van der Waals surface area contributed by atoms with Crippen LogP contribution >= 0.6 is 23.2 Å². The Morgan fingerprint density at radius 2 is 1.43 bits per heavy atom. The molecule has 0 aromatic heterocycles. The average Bonchev–Trinajstić information content (AvgIpc) is 3.02. The summed E-state index contributed by atoms with van der Waals surface area (Å²) in [5.41, 5.74) is -0.473. The van der Waals surface area contributed by atoms with Gasteiger partial charge in [-0.15, -0.1) is 0 Å². The fourth-order valence-electron chi connectivity index (χ4n) is 5.06. The van der Waals surface area contributed by atoms with E-state index >= 15 is 0 Å². The van der Waals surface area contributed by atoms with Crippen molar-refractivity contribution in [2.75, 3.05) is 10.8 Å². The van der Waals surface area contributed by atoms with E-state index in [0.29, 0.717) is 21.5 Å². The molecule has 0 saturated carbocycles. The third-order valence-corrected chi connectivity index (χ3v) is 10.0. The number of nitrogens with one attached hydrogen (secondary N) is 1. The van der Waals surface area contributed by atoms with Crippen molar-refractivity contribution in [2.24, 2.45) is 0 Å². The van der Waals surface area contributed by atoms with Gasteiger partial charge in [0, 0.05) is 34.1 Å². The summed E-state index contributed by atoms with van der Waals surface area (Å²) in [6, 6.07) is 21.8. The maximum absolute atomic E-state index is 14.6. The van der Waals surface area contributed by atoms with Crippen LogP contribution in [0.5, 0.6) is 0 Å². The summed E-state index contributed by atoms with van der Waals surface area (Å²) in [7, 11) is -4.62. The molecule has 7 nitrogen and oxygen atoms in total. The summed E-state index contributed by atoms with van der Waals surface area (Å²) in [4.78, 5) is 29.5. The molecule has 49 heavy (non-hydrogen) atoms. The van der Waals surface area contributed by atoms with Crippen molar-refractivity contribution in [1.29, 1.82) is 0 Å². The second-order valence-electron chi connectivity index (χ2n) is 12.5. The number of anilines is 1. The van der Waals surface area contributed by atoms with Crippen LogP contribution in [0, 0.1) is 6.92 Å². The van der Waals surface area contributed by atoms with Crippen molar-refractivity contribution in [3.05, 3.63) is 129 Å². The lowest BCUT2D eigenvalue weighted by molar-refractivity contribution is -0.140. The smallest absolute Gasteiger partial charge is 0.350 e. The zero-order valence-electron chi connectivity index (χ0n) is 27.3. The van der Waals surface area contributed by atoms with Crippen LogP contribution in [0.4, 0.5) is 18.9 Å². The lowest BCUT2D eigenvalue weighted by atomic mass is 10.0. The van der Waals surface area contributed by atoms with Crippen molar-refractivity contribution < 1.29 is 31.2 Å². The van der Waals surface area contributed by atoms with Crippen molar-refractivity contribution in [3.63, 3.8) is 0 Å². The number of hydrogen-bond donors (Lipinski definition) is 1. The quantitative estimate of drug-likeness (QED) is 0.169. The SMILES string of the molecule is Cc1ccc(S(=O)(=O)N(CC(=O)N(Cc2c(Cl)cccc2Cl)[C@@H](Cc2ccccc2)C(=O)NC(C)(C)C)c2cccc(C(F)(F)F)c2)cc1. The van der Waals surface area contributed by atoms with Crippen molar-refractivity contribution in [1.82, 2.24) is 10.2 Å². The maximum atomic E-state index is 14.6. The summed E-state index contributed by atoms with van der Waals surface area (Å²) in [6.07, 6.45) is -4.77. The molecule has 13 heteroatoms. The van der Waals surface area contributed by atoms with Crippen LogP contribution in [-0.4, -0.2) is 43.3 Å². The Kier molecular flexibility index (Phi) is 11.7. The van der Waals surface area contributed by atoms with Gasteiger partial charge in [0.05, 0.1) is 16.1 Å². The van der Waals surface area contributed by atoms with Gasteiger partial charge in [0.1, 0.15) is 12.6 Å². The zero-order valence-corrected chi connectivity index (χ0v) is 29.6. The van der Waals surface area contributed by atoms with E-state index in [1.165, 1.54) is 35.2 Å². The molecule has 0 aliphatic heterocycles. The molecule has 0 aliphatic rings. The third-order valence-electron chi connectivity index (χ3n) is 7.51. The van der Waals surface area contributed by atoms with E-state index in [9.17, 15) is 31.2 Å². The molecular formula is C36H36Cl2F3N3O4S. The lowest BCUT2D eigenvalue weighted by Crippen LogP contribution is -2.56. The van der Waals surface area contributed by atoms with E-state index in [4.69, 9.17) is 23.2 Å². The maximum Gasteiger partial charge on any atom is 0.416 e. The molecule has 4 aromatic rings. The predicted octanol–water partition coefficient (Wildman–Crippen LogP) is 8.07. The molecule has 4 rings (SSSR count). The Bertz CT molecular complexity index is 1880. The summed E-state index contributed by atoms with van der Waals surface area (Å²) >= 11 is 13.0. The first-order chi connectivity index (χ1) is 22.9. The van der Waals surface area contributed by atoms with Gasteiger partial charge < -0.3 is 10.2 Å². The highest BCUT2D eigenvalue weighted by Gasteiger charge is 2.37. The number of nitrogens with zero attached hydrogens (tertiary/aromatic N) is 2. The number of halogens is 5. The summed E-state index contributed by atoms with van der Waals surface area (Å²) in [5.74, 6) is -1.42. The first-order valence-electron chi connectivity index (χ1n) is 15.2. The van der Waals surface area contributed by atoms with Crippen LogP contribution in [0.1, 0.15) is 43.0 Å². The van der Waals surface area contributed by atoms with E-state index in [0.717, 1.165) is 17.7 Å². The Balaban J connectivity index is 1.89. The van der Waals surface area contributed by atoms with Gasteiger partial charge >= 0.3 is 6.18 Å². The third kappa shape index (κ3) is 9.77. The van der Waals surface area contributed by atoms with Crippen LogP contribution in [0.2, 0.25) is 10.0 Å². The number of amides is 2. The summed E-state index contributed by atoms with van der Waals surface area (Å²) < 4.78 is 70.4. The second-order valence-corrected chi connectivity index (χ2v) is 15.2. The number of hydrogen-bond acceptors (Lipinski definition) is 4. The molecule has 0 fully saturated rings. The molecule has 0 saturated heterocycles. The van der Waals surface area contributed by atoms with Gasteiger partial charge in [-0.3, -0.25) is 13.9 Å². The number of rotatable bonds is 11. The van der Waals surface area contributed by atoms with Crippen LogP contribution in [0.25, 0.3) is 0 Å². The summed E-state index contributed by atoms with van der Waals surface area (Å²) in [5, 5.41) is 3.30. The van der Waals surface area contributed by atoms with E-state index in [-0.39, 0.29) is 27.9 Å². The van der Waals surface area contributed by atoms with Gasteiger partial charge in [-0.1, -0.05) is 83.4 Å². The van der Waals surface area contributed by atoms with Gasteiger partial charge in [0.15, 0.2) is 0 Å². The second kappa shape index (κ2) is 15.2. The van der Waals surface area contributed by atoms with Gasteiger partial charge in [-0.25, -0.2) is 8.42 Å². The number of benzene rings is 4. The zero-order chi connectivity index (χ0) is 36.1. The molecule has 0 aliphatic carbocycles. The van der Waals surface area contributed by atoms with Crippen LogP contribution in [0.3, 0.4) is 0 Å². The van der Waals surface area contributed by atoms with Crippen molar-refractivity contribution in [3.8, 4) is 0 Å². The van der Waals surface area contributed by atoms with Crippen LogP contribution in [0.15, 0.2) is 102 Å². The number of sulfonamides is 1. The molecule has 0 spiro atoms. The number of alkyl halides is 3. The molecule has 0 bridgehead atoms. The van der Waals surface area contributed by atoms with Crippen molar-refractivity contribution in [2.45, 2.75) is 63.3 Å². The monoisotopic (exact) mass is 733 g/mol. The molecule has 1 N–H and O–H groups in total. The van der Waals surface area contributed by atoms with E-state index < -0.39 is 57.4 Å². The molecule has 4 aromatic carbocycles. The molecule has 0 heterocycles. The first-order valence-corrected chi connectivity index (χ1v) is 17.4. The van der Waals surface area contributed by atoms with Crippen LogP contribution < -0.4 is 9.62 Å². The van der Waals surface area contributed by atoms with Gasteiger partial charge in [-0.2, -0.15) is 13.2 Å². The molecule has 0 unspecified atom stereocenters. The first kappa shape index (κ1) is 37.8. The Morgan fingerprint density at radius 3 is 2.00 bits per heavy atom. The van der Waals surface area contributed by atoms with Gasteiger partial charge in [0.2, 0.25) is 11.8 Å². The predicted molar refractivity (Wildman–Crippen MR) is 186 cm³/mol. The number of carbonyl (C=O) groups is 2. The molecule has 1 atom stereocenters. The Labute approximate surface area is 294 Å². The highest BCUT2D eigenvalue weighted by atomic mass is 35.5. The highest BCUT2D eigenvalue weighted by molar-refractivity contribution is 7.92. The van der Waals surface area contributed by atoms with E-state index in [1.54, 1.807) is 76.2 Å². The minimum Gasteiger partial charge on any atom is -0.350 e. The topological polar surface area (TPSA) is 86.8 Å². The fourth-order valence-corrected chi connectivity index (χ4v) is 6.99. The molecule has 0 radical (unpaired) electrons. The molecule has 2 amide bonds. The number of carbonyl (C=O) groups excluding carboxylic acids is 2. The fraction of sp³-hybridized carbons (Fsp3) is 0.278. The Morgan fingerprint density at radius 1 is 0.837 bits per heavy atom. The minimum absolute atomic E-state index is 0.0187. The normalized spacial score (nSPS) is 12.7. The average molecular weight is 735 g/mol. The molecule has 260 valence electrons. The molecular weight excluding hydrogens is 698 g/mol. The van der Waals surface area contributed by atoms with E-state index in [2.05, 4.69) is 5.32 Å². The minimum atomic E-state index is -4.79. The van der Waals surface area contributed by atoms with Crippen LogP contribution in [-0.2, 0) is 38.8 Å². The highest BCUT2D eigenvalue weighted by Crippen LogP contribution is 2.34. The van der Waals surface area contributed by atoms with Gasteiger partial charge in [0.25, 0.3) is 10.0 Å². The largest absolute Gasteiger partial charge is 0.416 e. The van der Waals surface area contributed by atoms with E-state index in [1.807, 2.05) is 0 Å². The Hall–Kier alpha value is -4.06. The van der Waals surface area contributed by atoms with Gasteiger partial charge in [-0.05, 0) is 75.7 Å². The van der Waals surface area contributed by atoms with Crippen molar-refractivity contribution >= 4 is 50.7 Å². The summed E-state index contributed by atoms with van der Waals surface area (Å²) in [6.45, 7) is 5.79.